The van der Waals surface area contributed by atoms with Gasteiger partial charge in [0.2, 0.25) is 0 Å². The largest absolute Gasteiger partial charge is 0.389 e. The molecule has 0 amide bonds. The van der Waals surface area contributed by atoms with E-state index in [0.29, 0.717) is 18.4 Å². The summed E-state index contributed by atoms with van der Waals surface area (Å²) in [5, 5.41) is 0. The fourth-order valence-electron chi connectivity index (χ4n) is 3.76. The van der Waals surface area contributed by atoms with Crippen molar-refractivity contribution in [2.45, 2.75) is 38.5 Å². The summed E-state index contributed by atoms with van der Waals surface area (Å²) in [7, 11) is 0. The van der Waals surface area contributed by atoms with E-state index in [1.54, 1.807) is 48.5 Å². The smallest absolute Gasteiger partial charge is 0.373 e. The maximum Gasteiger partial charge on any atom is 0.373 e. The Bertz CT molecular complexity index is 1020. The molecule has 178 valence electrons. The highest BCUT2D eigenvalue weighted by Gasteiger charge is 2.34. The van der Waals surface area contributed by atoms with Crippen LogP contribution in [0.1, 0.15) is 59.2 Å². The molecule has 0 aromatic heterocycles. The zero-order valence-corrected chi connectivity index (χ0v) is 18.6. The molecule has 3 rings (SSSR count). The molecule has 34 heavy (non-hydrogen) atoms. The van der Waals surface area contributed by atoms with Crippen LogP contribution in [-0.2, 0) is 28.9 Å². The number of ketones is 2. The first kappa shape index (κ1) is 25.0. The summed E-state index contributed by atoms with van der Waals surface area (Å²) in [6.45, 7) is 0.112. The number of hydrogen-bond donors (Lipinski definition) is 0. The van der Waals surface area contributed by atoms with Crippen LogP contribution in [0.15, 0.2) is 60.7 Å². The van der Waals surface area contributed by atoms with Crippen LogP contribution >= 0.6 is 0 Å². The predicted molar refractivity (Wildman–Crippen MR) is 119 cm³/mol. The van der Waals surface area contributed by atoms with Gasteiger partial charge in [0.25, 0.3) is 0 Å². The van der Waals surface area contributed by atoms with Gasteiger partial charge in [-0.25, -0.2) is 9.59 Å². The average molecular weight is 466 g/mol. The maximum absolute atomic E-state index is 12.5. The van der Waals surface area contributed by atoms with E-state index >= 15 is 0 Å². The van der Waals surface area contributed by atoms with Crippen molar-refractivity contribution in [2.24, 2.45) is 11.8 Å². The number of esters is 2. The number of ether oxygens (including phenoxy) is 1. The zero-order chi connectivity index (χ0) is 24.3. The summed E-state index contributed by atoms with van der Waals surface area (Å²) in [6, 6.07) is 16.6. The molecule has 0 saturated heterocycles. The first-order valence-electron chi connectivity index (χ1n) is 11.2. The van der Waals surface area contributed by atoms with E-state index in [9.17, 15) is 24.0 Å². The van der Waals surface area contributed by atoms with Gasteiger partial charge in [0.15, 0.2) is 0 Å². The quantitative estimate of drug-likeness (QED) is 0.170. The molecular formula is C26H26O8. The van der Waals surface area contributed by atoms with Gasteiger partial charge in [0.05, 0.1) is 17.7 Å². The second kappa shape index (κ2) is 12.6. The van der Waals surface area contributed by atoms with Crippen LogP contribution in [-0.4, -0.2) is 36.1 Å². The van der Waals surface area contributed by atoms with E-state index in [2.05, 4.69) is 0 Å². The molecule has 1 saturated carbocycles. The molecular weight excluding hydrogens is 440 g/mol. The molecule has 2 atom stereocenters. The Hall–Kier alpha value is -3.65. The van der Waals surface area contributed by atoms with Crippen molar-refractivity contribution in [1.29, 1.82) is 0 Å². The van der Waals surface area contributed by atoms with E-state index in [1.165, 1.54) is 12.1 Å². The molecule has 0 unspecified atom stereocenters. The fraction of sp³-hybridized carbons (Fsp3) is 0.346. The summed E-state index contributed by atoms with van der Waals surface area (Å²) in [6.07, 6.45) is 1.10. The molecule has 0 radical (unpaired) electrons. The van der Waals surface area contributed by atoms with Crippen molar-refractivity contribution in [3.05, 3.63) is 71.8 Å². The highest BCUT2D eigenvalue weighted by molar-refractivity contribution is 5.98. The van der Waals surface area contributed by atoms with E-state index in [4.69, 9.17) is 14.5 Å². The number of carbonyl (C=O) groups is 5. The minimum absolute atomic E-state index is 0.0420. The third-order valence-electron chi connectivity index (χ3n) is 5.64. The van der Waals surface area contributed by atoms with Gasteiger partial charge < -0.3 is 4.74 Å². The van der Waals surface area contributed by atoms with Crippen LogP contribution < -0.4 is 0 Å². The summed E-state index contributed by atoms with van der Waals surface area (Å²) < 4.78 is 4.81. The zero-order valence-electron chi connectivity index (χ0n) is 18.6. The van der Waals surface area contributed by atoms with Gasteiger partial charge in [-0.2, -0.15) is 4.89 Å². The molecule has 0 aliphatic heterocycles. The third-order valence-corrected chi connectivity index (χ3v) is 5.64. The van der Waals surface area contributed by atoms with Crippen molar-refractivity contribution in [3.63, 3.8) is 0 Å². The number of rotatable bonds is 10. The van der Waals surface area contributed by atoms with Gasteiger partial charge in [-0.1, -0.05) is 36.4 Å². The van der Waals surface area contributed by atoms with Crippen molar-refractivity contribution in [3.8, 4) is 0 Å². The van der Waals surface area contributed by atoms with Crippen LogP contribution in [0.5, 0.6) is 0 Å². The van der Waals surface area contributed by atoms with Crippen LogP contribution in [0, 0.1) is 11.8 Å². The van der Waals surface area contributed by atoms with Crippen molar-refractivity contribution < 1.29 is 38.5 Å². The normalized spacial score (nSPS) is 17.8. The van der Waals surface area contributed by atoms with Crippen LogP contribution in [0.4, 0.5) is 0 Å². The molecule has 1 aliphatic carbocycles. The summed E-state index contributed by atoms with van der Waals surface area (Å²) in [4.78, 5) is 70.3. The van der Waals surface area contributed by atoms with E-state index < -0.39 is 29.7 Å². The lowest BCUT2D eigenvalue weighted by atomic mass is 9.76. The monoisotopic (exact) mass is 466 g/mol. The highest BCUT2D eigenvalue weighted by atomic mass is 17.2. The van der Waals surface area contributed by atoms with Gasteiger partial charge in [-0.05, 0) is 43.5 Å². The van der Waals surface area contributed by atoms with Gasteiger partial charge in [0, 0.05) is 31.1 Å². The van der Waals surface area contributed by atoms with Crippen molar-refractivity contribution in [1.82, 2.24) is 0 Å². The van der Waals surface area contributed by atoms with Crippen molar-refractivity contribution >= 4 is 29.5 Å². The molecule has 8 heteroatoms. The van der Waals surface area contributed by atoms with Gasteiger partial charge in [0.1, 0.15) is 11.6 Å². The number of hydrogen-bond acceptors (Lipinski definition) is 8. The standard InChI is InChI=1S/C26H26O8/c27-22-17-21(13-14-24(29)33-25(30)18-8-3-1-4-9-18)23(28)16-20(22)12-7-15-32-34-26(31)19-10-5-2-6-11-19/h1-6,8-11,20-21H,7,12-17H2/t20-,21-/m1/s1. The van der Waals surface area contributed by atoms with E-state index in [-0.39, 0.29) is 49.4 Å². The Morgan fingerprint density at radius 3 is 1.85 bits per heavy atom. The second-order valence-electron chi connectivity index (χ2n) is 8.10. The van der Waals surface area contributed by atoms with Crippen LogP contribution in [0.3, 0.4) is 0 Å². The number of benzene rings is 2. The third kappa shape index (κ3) is 7.45. The Balaban J connectivity index is 1.33. The first-order chi connectivity index (χ1) is 16.4. The Morgan fingerprint density at radius 1 is 0.735 bits per heavy atom. The fourth-order valence-corrected chi connectivity index (χ4v) is 3.76. The molecule has 2 aromatic carbocycles. The summed E-state index contributed by atoms with van der Waals surface area (Å²) >= 11 is 0. The number of Topliss-reactive ketones (excluding diaryl/α,β-unsaturated/α-hetero) is 2. The lowest BCUT2D eigenvalue weighted by Gasteiger charge is -2.26. The second-order valence-corrected chi connectivity index (χ2v) is 8.10. The Morgan fingerprint density at radius 2 is 1.26 bits per heavy atom. The highest BCUT2D eigenvalue weighted by Crippen LogP contribution is 2.29. The summed E-state index contributed by atoms with van der Waals surface area (Å²) in [5.74, 6) is -3.15. The minimum atomic E-state index is -0.742. The molecule has 1 fully saturated rings. The molecule has 0 N–H and O–H groups in total. The molecule has 1 aliphatic rings. The number of carbonyl (C=O) groups excluding carboxylic acids is 5. The topological polar surface area (TPSA) is 113 Å². The van der Waals surface area contributed by atoms with E-state index in [0.717, 1.165) is 0 Å². The van der Waals surface area contributed by atoms with Crippen LogP contribution in [0.25, 0.3) is 0 Å². The molecule has 0 spiro atoms. The molecule has 0 bridgehead atoms. The first-order valence-corrected chi connectivity index (χ1v) is 11.2. The molecule has 0 heterocycles. The summed E-state index contributed by atoms with van der Waals surface area (Å²) in [5.41, 5.74) is 0.635. The predicted octanol–water partition coefficient (Wildman–Crippen LogP) is 3.88. The molecule has 8 nitrogen and oxygen atoms in total. The average Bonchev–Trinajstić information content (AvgIpc) is 2.85. The lowest BCUT2D eigenvalue weighted by Crippen LogP contribution is -2.33. The van der Waals surface area contributed by atoms with Gasteiger partial charge >= 0.3 is 17.9 Å². The Kier molecular flexibility index (Phi) is 9.22. The Labute approximate surface area is 197 Å². The van der Waals surface area contributed by atoms with E-state index in [1.807, 2.05) is 0 Å². The molecule has 2 aromatic rings. The van der Waals surface area contributed by atoms with Gasteiger partial charge in [-0.3, -0.25) is 19.3 Å². The minimum Gasteiger partial charge on any atom is -0.389 e. The van der Waals surface area contributed by atoms with Crippen molar-refractivity contribution in [2.75, 3.05) is 6.61 Å². The van der Waals surface area contributed by atoms with Crippen LogP contribution in [0.2, 0.25) is 0 Å². The maximum atomic E-state index is 12.5. The lowest BCUT2D eigenvalue weighted by molar-refractivity contribution is -0.241. The van der Waals surface area contributed by atoms with Gasteiger partial charge in [-0.15, -0.1) is 0 Å². The SMILES string of the molecule is O=C(CC[C@@H]1CC(=O)[C@H](CCCOOC(=O)c2ccccc2)CC1=O)OC(=O)c1ccccc1.